The molecular weight excluding hydrogens is 385 g/mol. The molecule has 8 nitrogen and oxygen atoms in total. The summed E-state index contributed by atoms with van der Waals surface area (Å²) in [5.74, 6) is -0.430. The summed E-state index contributed by atoms with van der Waals surface area (Å²) in [6.07, 6.45) is 3.93. The van der Waals surface area contributed by atoms with E-state index in [-0.39, 0.29) is 17.5 Å². The maximum atomic E-state index is 14.2. The van der Waals surface area contributed by atoms with Crippen LogP contribution >= 0.6 is 0 Å². The number of halogens is 1. The summed E-state index contributed by atoms with van der Waals surface area (Å²) in [6, 6.07) is 6.62. The lowest BCUT2D eigenvalue weighted by atomic mass is 10.0. The molecule has 2 aromatic heterocycles. The van der Waals surface area contributed by atoms with Gasteiger partial charge >= 0.3 is 0 Å². The van der Waals surface area contributed by atoms with Crippen molar-refractivity contribution in [1.82, 2.24) is 19.7 Å². The molecule has 10 heteroatoms. The van der Waals surface area contributed by atoms with Gasteiger partial charge in [0, 0.05) is 29.8 Å². The maximum Gasteiger partial charge on any atom is 0.247 e. The lowest BCUT2D eigenvalue weighted by Crippen LogP contribution is -2.04. The van der Waals surface area contributed by atoms with Gasteiger partial charge in [0.15, 0.2) is 11.6 Å². The first-order valence-electron chi connectivity index (χ1n) is 8.07. The third-order valence-electron chi connectivity index (χ3n) is 3.95. The number of sulfone groups is 1. The Hall–Kier alpha value is -3.32. The van der Waals surface area contributed by atoms with E-state index in [1.54, 1.807) is 25.3 Å². The number of ether oxygens (including phenoxy) is 1. The van der Waals surface area contributed by atoms with Crippen LogP contribution in [-0.4, -0.2) is 41.5 Å². The lowest BCUT2D eigenvalue weighted by Gasteiger charge is -2.09. The van der Waals surface area contributed by atoms with Crippen molar-refractivity contribution in [3.05, 3.63) is 42.0 Å². The van der Waals surface area contributed by atoms with Crippen LogP contribution in [0, 0.1) is 24.1 Å². The van der Waals surface area contributed by atoms with Gasteiger partial charge in [-0.2, -0.15) is 10.4 Å². The molecule has 3 rings (SSSR count). The highest BCUT2D eigenvalue weighted by Gasteiger charge is 2.20. The fourth-order valence-corrected chi connectivity index (χ4v) is 3.18. The van der Waals surface area contributed by atoms with Gasteiger partial charge in [0.1, 0.15) is 12.2 Å². The summed E-state index contributed by atoms with van der Waals surface area (Å²) < 4.78 is 44.2. The lowest BCUT2D eigenvalue weighted by molar-refractivity contribution is 0.385. The van der Waals surface area contributed by atoms with E-state index in [1.807, 2.05) is 6.07 Å². The van der Waals surface area contributed by atoms with Crippen LogP contribution in [0.5, 0.6) is 5.75 Å². The maximum absolute atomic E-state index is 14.2. The number of benzene rings is 1. The van der Waals surface area contributed by atoms with E-state index in [9.17, 15) is 12.8 Å². The van der Waals surface area contributed by atoms with Crippen LogP contribution < -0.4 is 4.74 Å². The predicted octanol–water partition coefficient (Wildman–Crippen LogP) is 2.39. The molecular formula is C18H16FN5O3S. The second-order valence-electron chi connectivity index (χ2n) is 6.05. The molecule has 0 atom stereocenters. The molecule has 2 heterocycles. The van der Waals surface area contributed by atoms with Gasteiger partial charge in [-0.25, -0.2) is 22.8 Å². The number of hydrogen-bond acceptors (Lipinski definition) is 7. The van der Waals surface area contributed by atoms with Crippen LogP contribution in [-0.2, 0) is 16.4 Å². The molecule has 0 amide bonds. The van der Waals surface area contributed by atoms with E-state index in [0.29, 0.717) is 28.1 Å². The van der Waals surface area contributed by atoms with E-state index in [1.165, 1.54) is 24.1 Å². The second kappa shape index (κ2) is 7.36. The van der Waals surface area contributed by atoms with E-state index in [4.69, 9.17) is 10.00 Å². The molecule has 0 unspecified atom stereocenters. The highest BCUT2D eigenvalue weighted by atomic mass is 32.2. The molecule has 0 bridgehead atoms. The monoisotopic (exact) mass is 401 g/mol. The molecule has 0 saturated carbocycles. The average Bonchev–Trinajstić information content (AvgIpc) is 3.07. The number of methoxy groups -OCH3 is 1. The molecule has 0 saturated heterocycles. The largest absolute Gasteiger partial charge is 0.494 e. The Morgan fingerprint density at radius 3 is 2.75 bits per heavy atom. The molecule has 0 aliphatic heterocycles. The highest BCUT2D eigenvalue weighted by molar-refractivity contribution is 7.90. The zero-order valence-corrected chi connectivity index (χ0v) is 16.2. The zero-order chi connectivity index (χ0) is 20.5. The van der Waals surface area contributed by atoms with Gasteiger partial charge in [0.25, 0.3) is 0 Å². The van der Waals surface area contributed by atoms with Gasteiger partial charge in [-0.05, 0) is 30.7 Å². The molecule has 0 aliphatic rings. The van der Waals surface area contributed by atoms with E-state index < -0.39 is 15.7 Å². The first-order valence-corrected chi connectivity index (χ1v) is 9.96. The summed E-state index contributed by atoms with van der Waals surface area (Å²) in [5, 5.41) is 13.1. The van der Waals surface area contributed by atoms with Crippen molar-refractivity contribution < 1.29 is 17.5 Å². The Balaban J connectivity index is 2.25. The normalized spacial score (nSPS) is 11.2. The van der Waals surface area contributed by atoms with Crippen LogP contribution in [0.1, 0.15) is 5.56 Å². The van der Waals surface area contributed by atoms with Gasteiger partial charge in [-0.3, -0.25) is 4.68 Å². The number of nitriles is 1. The van der Waals surface area contributed by atoms with E-state index in [0.717, 1.165) is 6.26 Å². The minimum absolute atomic E-state index is 0.0195. The Labute approximate surface area is 161 Å². The fraction of sp³-hybridized carbons (Fsp3) is 0.222. The third kappa shape index (κ3) is 3.70. The first kappa shape index (κ1) is 19.4. The number of nitrogens with zero attached hydrogens (tertiary/aromatic N) is 5. The van der Waals surface area contributed by atoms with Gasteiger partial charge < -0.3 is 4.74 Å². The van der Waals surface area contributed by atoms with Crippen molar-refractivity contribution in [1.29, 1.82) is 5.26 Å². The van der Waals surface area contributed by atoms with E-state index >= 15 is 0 Å². The van der Waals surface area contributed by atoms with Gasteiger partial charge in [-0.15, -0.1) is 0 Å². The number of aryl methyl sites for hydroxylation is 1. The first-order chi connectivity index (χ1) is 13.2. The van der Waals surface area contributed by atoms with Crippen LogP contribution in [0.3, 0.4) is 0 Å². The summed E-state index contributed by atoms with van der Waals surface area (Å²) in [4.78, 5) is 7.90. The van der Waals surface area contributed by atoms with Gasteiger partial charge in [0.05, 0.1) is 18.9 Å². The SMILES string of the molecule is COc1cc(-c2nn(CC#N)cc2-c2ccnc(S(C)(=O)=O)n2)cc(C)c1F. The quantitative estimate of drug-likeness (QED) is 0.604. The van der Waals surface area contributed by atoms with Crippen LogP contribution in [0.15, 0.2) is 35.7 Å². The molecule has 3 aromatic rings. The molecule has 0 spiro atoms. The van der Waals surface area contributed by atoms with Crippen molar-refractivity contribution in [3.63, 3.8) is 0 Å². The molecule has 0 fully saturated rings. The molecule has 1 aromatic carbocycles. The zero-order valence-electron chi connectivity index (χ0n) is 15.3. The third-order valence-corrected chi connectivity index (χ3v) is 4.81. The minimum atomic E-state index is -3.61. The number of rotatable bonds is 5. The fourth-order valence-electron chi connectivity index (χ4n) is 2.67. The van der Waals surface area contributed by atoms with Crippen molar-refractivity contribution in [2.45, 2.75) is 18.6 Å². The highest BCUT2D eigenvalue weighted by Crippen LogP contribution is 2.34. The van der Waals surface area contributed by atoms with Gasteiger partial charge in [0.2, 0.25) is 15.0 Å². The van der Waals surface area contributed by atoms with Crippen LogP contribution in [0.2, 0.25) is 0 Å². The molecule has 28 heavy (non-hydrogen) atoms. The molecule has 0 N–H and O–H groups in total. The predicted molar refractivity (Wildman–Crippen MR) is 98.7 cm³/mol. The van der Waals surface area contributed by atoms with Crippen LogP contribution in [0.25, 0.3) is 22.5 Å². The smallest absolute Gasteiger partial charge is 0.247 e. The summed E-state index contributed by atoms with van der Waals surface area (Å²) in [7, 11) is -2.25. The molecule has 144 valence electrons. The van der Waals surface area contributed by atoms with Crippen LogP contribution in [0.4, 0.5) is 4.39 Å². The van der Waals surface area contributed by atoms with Crippen molar-refractivity contribution in [2.24, 2.45) is 0 Å². The average molecular weight is 401 g/mol. The Kier molecular flexibility index (Phi) is 5.11. The Morgan fingerprint density at radius 1 is 1.36 bits per heavy atom. The second-order valence-corrected chi connectivity index (χ2v) is 7.96. The standard InChI is InChI=1S/C18H16FN5O3S/c1-11-8-12(9-15(27-2)16(11)19)17-13(10-24(23-17)7-5-20)14-4-6-21-18(22-14)28(3,25)26/h4,6,8-10H,7H2,1-3H3. The number of hydrogen-bond donors (Lipinski definition) is 0. The van der Waals surface area contributed by atoms with Crippen molar-refractivity contribution in [2.75, 3.05) is 13.4 Å². The topological polar surface area (TPSA) is 111 Å². The summed E-state index contributed by atoms with van der Waals surface area (Å²) >= 11 is 0. The van der Waals surface area contributed by atoms with Gasteiger partial charge in [-0.1, -0.05) is 0 Å². The molecule has 0 radical (unpaired) electrons. The summed E-state index contributed by atoms with van der Waals surface area (Å²) in [5.41, 5.74) is 2.11. The Bertz CT molecular complexity index is 1200. The Morgan fingerprint density at radius 2 is 2.11 bits per heavy atom. The summed E-state index contributed by atoms with van der Waals surface area (Å²) in [6.45, 7) is 1.58. The number of aromatic nitrogens is 4. The molecule has 0 aliphatic carbocycles. The minimum Gasteiger partial charge on any atom is -0.494 e. The van der Waals surface area contributed by atoms with Crippen molar-refractivity contribution >= 4 is 9.84 Å². The van der Waals surface area contributed by atoms with Crippen molar-refractivity contribution in [3.8, 4) is 34.3 Å². The van der Waals surface area contributed by atoms with E-state index in [2.05, 4.69) is 15.1 Å².